The summed E-state index contributed by atoms with van der Waals surface area (Å²) in [6.45, 7) is 8.22. The summed E-state index contributed by atoms with van der Waals surface area (Å²) in [5, 5.41) is 10.9. The maximum Gasteiger partial charge on any atom is 0.337 e. The van der Waals surface area contributed by atoms with Crippen molar-refractivity contribution in [1.82, 2.24) is 9.80 Å². The number of amides is 1. The highest BCUT2D eigenvalue weighted by Crippen LogP contribution is 2.33. The molecular weight excluding hydrogens is 504 g/mol. The number of non-ortho nitro benzene ring substituents is 1. The van der Waals surface area contributed by atoms with Crippen LogP contribution in [0.15, 0.2) is 24.3 Å². The Morgan fingerprint density at radius 2 is 1.81 bits per heavy atom. The predicted molar refractivity (Wildman–Crippen MR) is 142 cm³/mol. The Bertz CT molecular complexity index is 973. The topological polar surface area (TPSA) is 110 Å². The molecule has 0 saturated carbocycles. The highest BCUT2D eigenvalue weighted by atomic mass is 32.2. The fourth-order valence-electron chi connectivity index (χ4n) is 4.34. The Hall–Kier alpha value is -2.57. The second-order valence-corrected chi connectivity index (χ2v) is 10.5. The number of carbonyl (C=O) groups excluding carboxylic acids is 3. The van der Waals surface area contributed by atoms with Crippen molar-refractivity contribution in [3.05, 3.63) is 39.9 Å². The molecule has 2 rings (SSSR count). The molecule has 1 amide bonds. The number of ketones is 1. The van der Waals surface area contributed by atoms with Crippen LogP contribution >= 0.6 is 24.0 Å². The number of β-lactam (4-membered cyclic amide) rings is 1. The van der Waals surface area contributed by atoms with Gasteiger partial charge in [0.15, 0.2) is 18.0 Å². The molecule has 12 heteroatoms. The second-order valence-electron chi connectivity index (χ2n) is 8.81. The zero-order valence-corrected chi connectivity index (χ0v) is 23.1. The van der Waals surface area contributed by atoms with Crippen molar-refractivity contribution in [1.29, 1.82) is 0 Å². The lowest BCUT2D eigenvalue weighted by Crippen LogP contribution is -2.74. The molecule has 1 aromatic carbocycles. The average Bonchev–Trinajstić information content (AvgIpc) is 2.86. The fourth-order valence-corrected chi connectivity index (χ4v) is 5.33. The molecule has 2 atom stereocenters. The van der Waals surface area contributed by atoms with Crippen molar-refractivity contribution < 1.29 is 28.5 Å². The smallest absolute Gasteiger partial charge is 0.337 e. The summed E-state index contributed by atoms with van der Waals surface area (Å²) in [6, 6.07) is 4.28. The number of thiocarbonyl (C=S) groups is 1. The van der Waals surface area contributed by atoms with Gasteiger partial charge in [-0.2, -0.15) is 0 Å². The minimum Gasteiger partial charge on any atom is -0.459 e. The van der Waals surface area contributed by atoms with E-state index in [1.165, 1.54) is 40.9 Å². The zero-order chi connectivity index (χ0) is 27.0. The molecule has 1 saturated heterocycles. The number of benzene rings is 1. The number of thioether (sulfide) groups is 1. The molecule has 1 aromatic rings. The molecule has 36 heavy (non-hydrogen) atoms. The van der Waals surface area contributed by atoms with E-state index in [0.717, 1.165) is 19.6 Å². The maximum absolute atomic E-state index is 13.3. The first kappa shape index (κ1) is 29.7. The number of Topliss-reactive ketones (excluding diaryl/α,β-unsaturated/α-hetero) is 1. The number of hydrogen-bond acceptors (Lipinski definition) is 8. The van der Waals surface area contributed by atoms with Gasteiger partial charge in [0.1, 0.15) is 10.9 Å². The number of rotatable bonds is 13. The lowest BCUT2D eigenvalue weighted by atomic mass is 9.97. The number of esters is 1. The van der Waals surface area contributed by atoms with Crippen LogP contribution in [0.2, 0.25) is 0 Å². The standard InChI is InChI=1S/C24H35N4O6S2/c1-6-28(7-2,8-3)20-15-21(30)26(20)22(19(29)13-14-36-24(35)25(4)5)23(31)34-16-17-9-11-18(12-10-17)27(32)33/h9-12,20,22H,6-8,13-16H2,1-5H3/q+1. The molecule has 1 aliphatic rings. The number of nitro groups is 1. The van der Waals surface area contributed by atoms with Crippen molar-refractivity contribution in [3.63, 3.8) is 0 Å². The van der Waals surface area contributed by atoms with Crippen LogP contribution in [-0.4, -0.2) is 92.9 Å². The molecule has 0 spiro atoms. The van der Waals surface area contributed by atoms with E-state index in [1.807, 2.05) is 34.9 Å². The van der Waals surface area contributed by atoms with Crippen LogP contribution < -0.4 is 0 Å². The Morgan fingerprint density at radius 1 is 1.22 bits per heavy atom. The van der Waals surface area contributed by atoms with Gasteiger partial charge in [0.25, 0.3) is 5.69 Å². The third kappa shape index (κ3) is 6.80. The van der Waals surface area contributed by atoms with Crippen molar-refractivity contribution >= 4 is 51.6 Å². The monoisotopic (exact) mass is 539 g/mol. The minimum absolute atomic E-state index is 0.0524. The van der Waals surface area contributed by atoms with Gasteiger partial charge in [0.05, 0.1) is 31.0 Å². The molecule has 1 heterocycles. The fraction of sp³-hybridized carbons (Fsp3) is 0.583. The molecule has 198 valence electrons. The lowest BCUT2D eigenvalue weighted by Gasteiger charge is -2.53. The third-order valence-electron chi connectivity index (χ3n) is 6.76. The zero-order valence-electron chi connectivity index (χ0n) is 21.5. The predicted octanol–water partition coefficient (Wildman–Crippen LogP) is 2.98. The van der Waals surface area contributed by atoms with E-state index in [2.05, 4.69) is 0 Å². The number of likely N-dealkylation sites (tertiary alicyclic amines) is 1. The average molecular weight is 540 g/mol. The van der Waals surface area contributed by atoms with Gasteiger partial charge in [-0.05, 0) is 38.5 Å². The molecule has 1 aliphatic heterocycles. The first-order chi connectivity index (χ1) is 17.0. The molecule has 0 radical (unpaired) electrons. The van der Waals surface area contributed by atoms with Crippen LogP contribution in [0.1, 0.15) is 39.2 Å². The summed E-state index contributed by atoms with van der Waals surface area (Å²) in [4.78, 5) is 52.9. The van der Waals surface area contributed by atoms with Crippen LogP contribution in [0.5, 0.6) is 0 Å². The van der Waals surface area contributed by atoms with Crippen molar-refractivity contribution in [2.24, 2.45) is 0 Å². The second kappa shape index (κ2) is 13.1. The van der Waals surface area contributed by atoms with Gasteiger partial charge in [-0.15, -0.1) is 0 Å². The maximum atomic E-state index is 13.3. The van der Waals surface area contributed by atoms with Gasteiger partial charge >= 0.3 is 5.97 Å². The third-order valence-corrected chi connectivity index (χ3v) is 8.50. The van der Waals surface area contributed by atoms with E-state index in [-0.39, 0.29) is 37.2 Å². The molecule has 0 N–H and O–H groups in total. The van der Waals surface area contributed by atoms with Gasteiger partial charge in [-0.3, -0.25) is 24.6 Å². The van der Waals surface area contributed by atoms with Crippen molar-refractivity contribution in [3.8, 4) is 0 Å². The SMILES string of the molecule is CC[N+](CC)(CC)C1CC(=O)N1C(C(=O)CCSC(=S)N(C)C)C(=O)OCc1ccc([N+](=O)[O-])cc1. The molecular formula is C24H35N4O6S2+. The summed E-state index contributed by atoms with van der Waals surface area (Å²) in [6.07, 6.45) is 0.0412. The van der Waals surface area contributed by atoms with Gasteiger partial charge < -0.3 is 14.1 Å². The quantitative estimate of drug-likeness (QED) is 0.0710. The van der Waals surface area contributed by atoms with Crippen LogP contribution in [0.3, 0.4) is 0 Å². The van der Waals surface area contributed by atoms with E-state index in [4.69, 9.17) is 17.0 Å². The van der Waals surface area contributed by atoms with Crippen LogP contribution in [0.4, 0.5) is 5.69 Å². The van der Waals surface area contributed by atoms with Crippen LogP contribution in [0.25, 0.3) is 0 Å². The lowest BCUT2D eigenvalue weighted by molar-refractivity contribution is -0.959. The largest absolute Gasteiger partial charge is 0.459 e. The van der Waals surface area contributed by atoms with E-state index < -0.39 is 22.7 Å². The Labute approximate surface area is 221 Å². The molecule has 0 aromatic heterocycles. The van der Waals surface area contributed by atoms with Gasteiger partial charge in [-0.1, -0.05) is 24.0 Å². The Kier molecular flexibility index (Phi) is 10.8. The minimum atomic E-state index is -1.34. The number of hydrogen-bond donors (Lipinski definition) is 0. The molecule has 10 nitrogen and oxygen atoms in total. The molecule has 0 bridgehead atoms. The first-order valence-corrected chi connectivity index (χ1v) is 13.3. The number of nitro benzene ring substituents is 1. The van der Waals surface area contributed by atoms with E-state index >= 15 is 0 Å². The highest BCUT2D eigenvalue weighted by molar-refractivity contribution is 8.22. The molecule has 2 unspecified atom stereocenters. The summed E-state index contributed by atoms with van der Waals surface area (Å²) >= 11 is 6.60. The normalized spacial score (nSPS) is 16.2. The summed E-state index contributed by atoms with van der Waals surface area (Å²) < 4.78 is 6.68. The summed E-state index contributed by atoms with van der Waals surface area (Å²) in [5.74, 6) is -1.06. The van der Waals surface area contributed by atoms with Crippen molar-refractivity contribution in [2.75, 3.05) is 39.5 Å². The highest BCUT2D eigenvalue weighted by Gasteiger charge is 2.55. The van der Waals surface area contributed by atoms with Crippen LogP contribution in [-0.2, 0) is 25.7 Å². The van der Waals surface area contributed by atoms with Gasteiger partial charge in [0.2, 0.25) is 5.91 Å². The van der Waals surface area contributed by atoms with E-state index in [9.17, 15) is 24.5 Å². The van der Waals surface area contributed by atoms with Crippen LogP contribution in [0, 0.1) is 10.1 Å². The van der Waals surface area contributed by atoms with E-state index in [1.54, 1.807) is 4.90 Å². The number of nitrogens with zero attached hydrogens (tertiary/aromatic N) is 4. The van der Waals surface area contributed by atoms with E-state index in [0.29, 0.717) is 20.1 Å². The number of carbonyl (C=O) groups is 3. The number of quaternary nitrogens is 1. The van der Waals surface area contributed by atoms with Crippen molar-refractivity contribution in [2.45, 2.75) is 52.4 Å². The molecule has 0 aliphatic carbocycles. The Morgan fingerprint density at radius 3 is 2.28 bits per heavy atom. The summed E-state index contributed by atoms with van der Waals surface area (Å²) in [7, 11) is 3.63. The first-order valence-electron chi connectivity index (χ1n) is 11.9. The summed E-state index contributed by atoms with van der Waals surface area (Å²) in [5.41, 5.74) is 0.465. The van der Waals surface area contributed by atoms with Gasteiger partial charge in [-0.25, -0.2) is 4.79 Å². The number of ether oxygens (including phenoxy) is 1. The molecule has 1 fully saturated rings. The van der Waals surface area contributed by atoms with Gasteiger partial charge in [0, 0.05) is 38.4 Å². The Balaban J connectivity index is 2.24.